The van der Waals surface area contributed by atoms with E-state index in [0.717, 1.165) is 0 Å². The number of rotatable bonds is 2. The zero-order valence-electron chi connectivity index (χ0n) is 9.29. The lowest BCUT2D eigenvalue weighted by molar-refractivity contribution is -0.0459. The molecule has 0 aliphatic carbocycles. The Hall–Kier alpha value is -1.44. The van der Waals surface area contributed by atoms with Crippen LogP contribution in [0.15, 0.2) is 15.8 Å². The summed E-state index contributed by atoms with van der Waals surface area (Å²) in [6.45, 7) is 1.26. The van der Waals surface area contributed by atoms with Gasteiger partial charge in [-0.3, -0.25) is 14.3 Å². The first-order valence-corrected chi connectivity index (χ1v) is 5.29. The monoisotopic (exact) mass is 241 g/mol. The van der Waals surface area contributed by atoms with Crippen LogP contribution in [0.2, 0.25) is 0 Å². The van der Waals surface area contributed by atoms with Gasteiger partial charge in [-0.1, -0.05) is 0 Å². The van der Waals surface area contributed by atoms with Crippen LogP contribution < -0.4 is 11.2 Å². The molecule has 3 N–H and O–H groups in total. The van der Waals surface area contributed by atoms with Gasteiger partial charge in [0.15, 0.2) is 0 Å². The molecule has 7 heteroatoms. The summed E-state index contributed by atoms with van der Waals surface area (Å²) in [4.78, 5) is 24.9. The van der Waals surface area contributed by atoms with Crippen LogP contribution in [-0.2, 0) is 4.74 Å². The van der Waals surface area contributed by atoms with Gasteiger partial charge in [-0.15, -0.1) is 0 Å². The van der Waals surface area contributed by atoms with Crippen molar-refractivity contribution in [1.82, 2.24) is 9.55 Å². The van der Waals surface area contributed by atoms with E-state index in [-0.39, 0.29) is 13.0 Å². The zero-order chi connectivity index (χ0) is 12.6. The van der Waals surface area contributed by atoms with Crippen LogP contribution in [0.5, 0.6) is 0 Å². The first-order valence-electron chi connectivity index (χ1n) is 5.29. The van der Waals surface area contributed by atoms with Crippen molar-refractivity contribution in [3.05, 3.63) is 32.6 Å². The maximum atomic E-state index is 11.6. The number of hydrogen-bond donors (Lipinski definition) is 3. The SMILES string of the molecule is Cc1cn(C2CC(O)[C@@H](CO)O2)[11c](=O)[nH]c1=O. The molecule has 0 saturated carbocycles. The van der Waals surface area contributed by atoms with Crippen LogP contribution in [0.25, 0.3) is 0 Å². The summed E-state index contributed by atoms with van der Waals surface area (Å²) in [5.41, 5.74) is -0.643. The summed E-state index contributed by atoms with van der Waals surface area (Å²) in [7, 11) is 0. The molecule has 0 aromatic carbocycles. The molecular weight excluding hydrogens is 227 g/mol. The second-order valence-electron chi connectivity index (χ2n) is 4.09. The Labute approximate surface area is 96.3 Å². The van der Waals surface area contributed by atoms with Crippen LogP contribution in [0, 0.1) is 6.92 Å². The van der Waals surface area contributed by atoms with Crippen LogP contribution in [0.1, 0.15) is 18.2 Å². The van der Waals surface area contributed by atoms with Gasteiger partial charge in [-0.05, 0) is 6.92 Å². The Kier molecular flexibility index (Phi) is 3.14. The van der Waals surface area contributed by atoms with E-state index < -0.39 is 29.7 Å². The molecular formula is C10H14N2O5. The van der Waals surface area contributed by atoms with Crippen LogP contribution in [-0.4, -0.2) is 38.6 Å². The molecule has 2 rings (SSSR count). The topological polar surface area (TPSA) is 105 Å². The first kappa shape index (κ1) is 12.0. The van der Waals surface area contributed by atoms with E-state index in [4.69, 9.17) is 9.84 Å². The van der Waals surface area contributed by atoms with Gasteiger partial charge in [0.05, 0.1) is 12.7 Å². The molecule has 1 aliphatic heterocycles. The van der Waals surface area contributed by atoms with Gasteiger partial charge >= 0.3 is 5.69 Å². The van der Waals surface area contributed by atoms with Gasteiger partial charge in [0.25, 0.3) is 5.56 Å². The molecule has 1 fully saturated rings. The highest BCUT2D eigenvalue weighted by Gasteiger charge is 2.34. The summed E-state index contributed by atoms with van der Waals surface area (Å²) in [5, 5.41) is 18.5. The molecule has 0 spiro atoms. The van der Waals surface area contributed by atoms with Gasteiger partial charge in [0, 0.05) is 18.2 Å². The van der Waals surface area contributed by atoms with E-state index in [1.54, 1.807) is 6.92 Å². The Bertz CT molecular complexity index is 520. The normalized spacial score (nSPS) is 28.5. The van der Waals surface area contributed by atoms with Crippen molar-refractivity contribution in [1.29, 1.82) is 0 Å². The number of H-pyrrole nitrogens is 1. The minimum atomic E-state index is -0.816. The van der Waals surface area contributed by atoms with Crippen molar-refractivity contribution >= 4 is 0 Å². The van der Waals surface area contributed by atoms with Crippen LogP contribution in [0.4, 0.5) is 0 Å². The second-order valence-corrected chi connectivity index (χ2v) is 4.09. The number of nitrogens with zero attached hydrogens (tertiary/aromatic N) is 1. The number of aliphatic hydroxyl groups excluding tert-OH is 2. The molecule has 0 bridgehead atoms. The minimum absolute atomic E-state index is 0.205. The number of nitrogens with one attached hydrogen (secondary N) is 1. The maximum absolute atomic E-state index is 11.6. The number of hydrogen-bond acceptors (Lipinski definition) is 5. The highest BCUT2D eigenvalue weighted by Crippen LogP contribution is 2.27. The third kappa shape index (κ3) is 2.17. The third-order valence-electron chi connectivity index (χ3n) is 2.84. The summed E-state index contributed by atoms with van der Waals surface area (Å²) < 4.78 is 6.54. The fourth-order valence-corrected chi connectivity index (χ4v) is 1.85. The quantitative estimate of drug-likeness (QED) is 0.583. The summed E-state index contributed by atoms with van der Waals surface area (Å²) in [6, 6.07) is 0. The lowest BCUT2D eigenvalue weighted by Crippen LogP contribution is -2.33. The molecule has 0 radical (unpaired) electrons. The van der Waals surface area contributed by atoms with Gasteiger partial charge in [0.2, 0.25) is 0 Å². The van der Waals surface area contributed by atoms with Gasteiger partial charge in [-0.2, -0.15) is 0 Å². The fraction of sp³-hybridized carbons (Fsp3) is 0.600. The summed E-state index contributed by atoms with van der Waals surface area (Å²) in [6.07, 6.45) is -0.581. The van der Waals surface area contributed by atoms with Crippen molar-refractivity contribution in [3.63, 3.8) is 0 Å². The molecule has 0 amide bonds. The summed E-state index contributed by atoms with van der Waals surface area (Å²) >= 11 is 0. The Morgan fingerprint density at radius 3 is 2.88 bits per heavy atom. The molecule has 94 valence electrons. The maximum Gasteiger partial charge on any atom is 0.330 e. The highest BCUT2D eigenvalue weighted by molar-refractivity contribution is 5.02. The van der Waals surface area contributed by atoms with Gasteiger partial charge < -0.3 is 14.9 Å². The largest absolute Gasteiger partial charge is 0.394 e. The van der Waals surface area contributed by atoms with Crippen molar-refractivity contribution in [3.8, 4) is 0 Å². The lowest BCUT2D eigenvalue weighted by atomic mass is 10.2. The van der Waals surface area contributed by atoms with E-state index in [0.29, 0.717) is 5.56 Å². The molecule has 1 saturated heterocycles. The number of aromatic nitrogens is 2. The molecule has 7 nitrogen and oxygen atoms in total. The average molecular weight is 241 g/mol. The predicted molar refractivity (Wildman–Crippen MR) is 57.7 cm³/mol. The average Bonchev–Trinajstić information content (AvgIpc) is 2.65. The van der Waals surface area contributed by atoms with Crippen molar-refractivity contribution in [2.24, 2.45) is 0 Å². The highest BCUT2D eigenvalue weighted by atomic mass is 16.5. The zero-order valence-corrected chi connectivity index (χ0v) is 9.29. The fourth-order valence-electron chi connectivity index (χ4n) is 1.85. The predicted octanol–water partition coefficient (Wildman–Crippen LogP) is -1.51. The number of aryl methyl sites for hydroxylation is 1. The van der Waals surface area contributed by atoms with Crippen molar-refractivity contribution in [2.45, 2.75) is 31.8 Å². The standard InChI is InChI=1S/C10H14N2O5/c1-5-3-12(10(16)11-9(5)15)8-2-6(14)7(4-13)17-8/h3,6-8,13-14H,2,4H2,1H3,(H,11,15,16)/t6?,7-,8?/m1/s1/i10-1. The molecule has 17 heavy (non-hydrogen) atoms. The Morgan fingerprint density at radius 2 is 2.29 bits per heavy atom. The van der Waals surface area contributed by atoms with Gasteiger partial charge in [0.1, 0.15) is 12.3 Å². The van der Waals surface area contributed by atoms with Crippen LogP contribution >= 0.6 is 0 Å². The van der Waals surface area contributed by atoms with Crippen molar-refractivity contribution < 1.29 is 14.9 Å². The van der Waals surface area contributed by atoms with Crippen LogP contribution in [0.3, 0.4) is 0 Å². The molecule has 1 aliphatic rings. The first-order chi connectivity index (χ1) is 8.02. The number of aliphatic hydroxyl groups is 2. The Balaban J connectivity index is 2.34. The minimum Gasteiger partial charge on any atom is -0.394 e. The molecule has 2 heterocycles. The van der Waals surface area contributed by atoms with Gasteiger partial charge in [-0.25, -0.2) is 4.79 Å². The van der Waals surface area contributed by atoms with Crippen molar-refractivity contribution in [2.75, 3.05) is 6.61 Å². The third-order valence-corrected chi connectivity index (χ3v) is 2.84. The lowest BCUT2D eigenvalue weighted by Gasteiger charge is -2.14. The molecule has 3 atom stereocenters. The molecule has 2 unspecified atom stereocenters. The van der Waals surface area contributed by atoms with E-state index in [9.17, 15) is 14.7 Å². The number of aromatic amines is 1. The van der Waals surface area contributed by atoms with E-state index in [1.165, 1.54) is 10.8 Å². The number of ether oxygens (including phenoxy) is 1. The van der Waals surface area contributed by atoms with E-state index >= 15 is 0 Å². The second kappa shape index (κ2) is 4.44. The molecule has 1 aromatic rings. The Morgan fingerprint density at radius 1 is 1.59 bits per heavy atom. The molecule has 1 aromatic heterocycles. The van der Waals surface area contributed by atoms with E-state index in [1.807, 2.05) is 0 Å². The summed E-state index contributed by atoms with van der Waals surface area (Å²) in [5.74, 6) is 0. The smallest absolute Gasteiger partial charge is 0.330 e. The van der Waals surface area contributed by atoms with E-state index in [2.05, 4.69) is 4.98 Å².